The standard InChI is InChI=1S/C7H11F3N2O3/c1-6(2,4(13)14)12-5(15)11-3-7(8,9)10/h3H2,1-2H3,(H,13,14)(H2,11,12,15). The molecule has 0 saturated heterocycles. The number of alkyl halides is 3. The highest BCUT2D eigenvalue weighted by atomic mass is 19.4. The Labute approximate surface area is 83.6 Å². The summed E-state index contributed by atoms with van der Waals surface area (Å²) in [5.74, 6) is -1.34. The maximum Gasteiger partial charge on any atom is 0.405 e. The second kappa shape index (κ2) is 4.37. The molecule has 0 saturated carbocycles. The van der Waals surface area contributed by atoms with Crippen LogP contribution in [0.1, 0.15) is 13.8 Å². The smallest absolute Gasteiger partial charge is 0.405 e. The number of carboxylic acids is 1. The van der Waals surface area contributed by atoms with E-state index in [1.165, 1.54) is 5.32 Å². The van der Waals surface area contributed by atoms with Crippen LogP contribution in [0.15, 0.2) is 0 Å². The molecule has 3 N–H and O–H groups in total. The Morgan fingerprint density at radius 2 is 1.73 bits per heavy atom. The molecule has 0 unspecified atom stereocenters. The molecule has 0 aromatic rings. The van der Waals surface area contributed by atoms with E-state index in [1.807, 2.05) is 5.32 Å². The van der Waals surface area contributed by atoms with Gasteiger partial charge in [-0.15, -0.1) is 0 Å². The van der Waals surface area contributed by atoms with Crippen molar-refractivity contribution in [3.05, 3.63) is 0 Å². The number of amides is 2. The van der Waals surface area contributed by atoms with Crippen molar-refractivity contribution < 1.29 is 27.9 Å². The Hall–Kier alpha value is -1.47. The zero-order valence-corrected chi connectivity index (χ0v) is 8.10. The summed E-state index contributed by atoms with van der Waals surface area (Å²) >= 11 is 0. The third-order valence-corrected chi connectivity index (χ3v) is 1.41. The average molecular weight is 228 g/mol. The van der Waals surface area contributed by atoms with E-state index in [2.05, 4.69) is 0 Å². The Kier molecular flexibility index (Phi) is 3.94. The van der Waals surface area contributed by atoms with Crippen molar-refractivity contribution in [3.63, 3.8) is 0 Å². The van der Waals surface area contributed by atoms with Crippen molar-refractivity contribution in [1.29, 1.82) is 0 Å². The van der Waals surface area contributed by atoms with Crippen molar-refractivity contribution in [2.75, 3.05) is 6.54 Å². The Morgan fingerprint density at radius 1 is 1.27 bits per heavy atom. The maximum absolute atomic E-state index is 11.6. The van der Waals surface area contributed by atoms with Crippen LogP contribution in [0.25, 0.3) is 0 Å². The highest BCUT2D eigenvalue weighted by Crippen LogP contribution is 2.12. The number of hydrogen-bond donors (Lipinski definition) is 3. The summed E-state index contributed by atoms with van der Waals surface area (Å²) in [5, 5.41) is 11.9. The van der Waals surface area contributed by atoms with Crippen LogP contribution < -0.4 is 10.6 Å². The van der Waals surface area contributed by atoms with E-state index < -0.39 is 30.3 Å². The Bertz CT molecular complexity index is 263. The van der Waals surface area contributed by atoms with Crippen LogP contribution in [0.2, 0.25) is 0 Å². The second-order valence-electron chi connectivity index (χ2n) is 3.35. The summed E-state index contributed by atoms with van der Waals surface area (Å²) in [6.07, 6.45) is -4.52. The van der Waals surface area contributed by atoms with Gasteiger partial charge in [0.25, 0.3) is 0 Å². The number of nitrogens with one attached hydrogen (secondary N) is 2. The number of carbonyl (C=O) groups is 2. The molecular weight excluding hydrogens is 217 g/mol. The average Bonchev–Trinajstić information content (AvgIpc) is 1.98. The minimum atomic E-state index is -4.52. The van der Waals surface area contributed by atoms with Gasteiger partial charge in [-0.2, -0.15) is 13.2 Å². The lowest BCUT2D eigenvalue weighted by Crippen LogP contribution is -2.54. The van der Waals surface area contributed by atoms with Crippen molar-refractivity contribution >= 4 is 12.0 Å². The molecule has 15 heavy (non-hydrogen) atoms. The number of carboxylic acid groups (broad SMARTS) is 1. The molecule has 0 aliphatic rings. The number of rotatable bonds is 3. The summed E-state index contributed by atoms with van der Waals surface area (Å²) in [5.41, 5.74) is -1.62. The van der Waals surface area contributed by atoms with Crippen molar-refractivity contribution in [2.24, 2.45) is 0 Å². The minimum absolute atomic E-state index is 1.16. The molecule has 0 radical (unpaired) electrons. The molecule has 88 valence electrons. The predicted octanol–water partition coefficient (Wildman–Crippen LogP) is 0.711. The lowest BCUT2D eigenvalue weighted by molar-refractivity contribution is -0.142. The van der Waals surface area contributed by atoms with Crippen LogP contribution in [0, 0.1) is 0 Å². The molecule has 0 aromatic carbocycles. The molecule has 0 aliphatic heterocycles. The van der Waals surface area contributed by atoms with Gasteiger partial charge < -0.3 is 15.7 Å². The van der Waals surface area contributed by atoms with Gasteiger partial charge in [0.05, 0.1) is 0 Å². The number of carbonyl (C=O) groups excluding carboxylic acids is 1. The number of aliphatic carboxylic acids is 1. The Morgan fingerprint density at radius 3 is 2.07 bits per heavy atom. The normalized spacial score (nSPS) is 12.1. The first-order valence-corrected chi connectivity index (χ1v) is 3.91. The second-order valence-corrected chi connectivity index (χ2v) is 3.35. The molecule has 5 nitrogen and oxygen atoms in total. The van der Waals surface area contributed by atoms with Crippen LogP contribution in [0.4, 0.5) is 18.0 Å². The zero-order chi connectivity index (χ0) is 12.3. The van der Waals surface area contributed by atoms with Crippen LogP contribution in [-0.4, -0.2) is 35.4 Å². The zero-order valence-electron chi connectivity index (χ0n) is 8.10. The fraction of sp³-hybridized carbons (Fsp3) is 0.714. The number of hydrogen-bond acceptors (Lipinski definition) is 2. The van der Waals surface area contributed by atoms with Gasteiger partial charge in [-0.05, 0) is 13.8 Å². The van der Waals surface area contributed by atoms with Gasteiger partial charge in [0, 0.05) is 0 Å². The summed E-state index contributed by atoms with van der Waals surface area (Å²) in [6, 6.07) is -1.18. The van der Waals surface area contributed by atoms with E-state index in [1.54, 1.807) is 0 Å². The van der Waals surface area contributed by atoms with Gasteiger partial charge in [-0.1, -0.05) is 0 Å². The predicted molar refractivity (Wildman–Crippen MR) is 44.3 cm³/mol. The lowest BCUT2D eigenvalue weighted by atomic mass is 10.1. The minimum Gasteiger partial charge on any atom is -0.480 e. The van der Waals surface area contributed by atoms with Gasteiger partial charge in [0.2, 0.25) is 0 Å². The summed E-state index contributed by atoms with van der Waals surface area (Å²) < 4.78 is 34.9. The first-order chi connectivity index (χ1) is 6.54. The van der Waals surface area contributed by atoms with Crippen molar-refractivity contribution in [2.45, 2.75) is 25.6 Å². The van der Waals surface area contributed by atoms with E-state index in [0.717, 1.165) is 13.8 Å². The van der Waals surface area contributed by atoms with Crippen molar-refractivity contribution in [3.8, 4) is 0 Å². The highest BCUT2D eigenvalue weighted by Gasteiger charge is 2.31. The fourth-order valence-electron chi connectivity index (χ4n) is 0.562. The number of urea groups is 1. The van der Waals surface area contributed by atoms with Crippen LogP contribution in [0.5, 0.6) is 0 Å². The molecular formula is C7H11F3N2O3. The fourth-order valence-corrected chi connectivity index (χ4v) is 0.562. The molecule has 0 heterocycles. The van der Waals surface area contributed by atoms with Gasteiger partial charge in [0.1, 0.15) is 12.1 Å². The summed E-state index contributed by atoms with van der Waals surface area (Å²) in [7, 11) is 0. The van der Waals surface area contributed by atoms with Gasteiger partial charge in [-0.25, -0.2) is 9.59 Å². The molecule has 0 spiro atoms. The highest BCUT2D eigenvalue weighted by molar-refractivity contribution is 5.85. The van der Waals surface area contributed by atoms with Crippen LogP contribution >= 0.6 is 0 Å². The Balaban J connectivity index is 4.11. The lowest BCUT2D eigenvalue weighted by Gasteiger charge is -2.21. The van der Waals surface area contributed by atoms with E-state index in [4.69, 9.17) is 5.11 Å². The van der Waals surface area contributed by atoms with Crippen LogP contribution in [0.3, 0.4) is 0 Å². The molecule has 0 bridgehead atoms. The first kappa shape index (κ1) is 13.5. The van der Waals surface area contributed by atoms with E-state index in [9.17, 15) is 22.8 Å². The number of halogens is 3. The third kappa shape index (κ3) is 5.76. The molecule has 0 atom stereocenters. The monoisotopic (exact) mass is 228 g/mol. The molecule has 0 rings (SSSR count). The SMILES string of the molecule is CC(C)(NC(=O)NCC(F)(F)F)C(=O)O. The maximum atomic E-state index is 11.6. The first-order valence-electron chi connectivity index (χ1n) is 3.91. The molecule has 0 aromatic heterocycles. The van der Waals surface area contributed by atoms with E-state index in [0.29, 0.717) is 0 Å². The van der Waals surface area contributed by atoms with E-state index >= 15 is 0 Å². The van der Waals surface area contributed by atoms with Gasteiger partial charge in [0.15, 0.2) is 0 Å². The topological polar surface area (TPSA) is 78.4 Å². The molecule has 8 heteroatoms. The van der Waals surface area contributed by atoms with Gasteiger partial charge in [-0.3, -0.25) is 0 Å². The quantitative estimate of drug-likeness (QED) is 0.665. The summed E-state index contributed by atoms with van der Waals surface area (Å²) in [6.45, 7) is 0.805. The molecule has 0 fully saturated rings. The molecule has 0 aliphatic carbocycles. The largest absolute Gasteiger partial charge is 0.480 e. The van der Waals surface area contributed by atoms with Gasteiger partial charge >= 0.3 is 18.2 Å². The summed E-state index contributed by atoms with van der Waals surface area (Å²) in [4.78, 5) is 21.3. The third-order valence-electron chi connectivity index (χ3n) is 1.41. The molecule has 2 amide bonds. The van der Waals surface area contributed by atoms with Crippen molar-refractivity contribution in [1.82, 2.24) is 10.6 Å². The van der Waals surface area contributed by atoms with Crippen LogP contribution in [-0.2, 0) is 4.79 Å². The van der Waals surface area contributed by atoms with E-state index in [-0.39, 0.29) is 0 Å².